The van der Waals surface area contributed by atoms with Gasteiger partial charge in [-0.15, -0.1) is 0 Å². The molecule has 5 heteroatoms. The number of aromatic nitrogens is 1. The van der Waals surface area contributed by atoms with Gasteiger partial charge in [-0.3, -0.25) is 9.59 Å². The molecule has 0 unspecified atom stereocenters. The molecule has 5 nitrogen and oxygen atoms in total. The third-order valence-electron chi connectivity index (χ3n) is 6.82. The highest BCUT2D eigenvalue weighted by atomic mass is 16.2. The zero-order valence-corrected chi connectivity index (χ0v) is 15.7. The third kappa shape index (κ3) is 3.03. The number of hydrogen-bond donors (Lipinski definition) is 1. The number of nitrogens with zero attached hydrogens (tertiary/aromatic N) is 2. The highest BCUT2D eigenvalue weighted by molar-refractivity contribution is 5.89. The number of aromatic amines is 1. The van der Waals surface area contributed by atoms with Crippen LogP contribution in [0.3, 0.4) is 0 Å². The fourth-order valence-corrected chi connectivity index (χ4v) is 5.02. The minimum atomic E-state index is 0.186. The van der Waals surface area contributed by atoms with E-state index in [1.807, 2.05) is 24.4 Å². The highest BCUT2D eigenvalue weighted by Gasteiger charge is 2.40. The van der Waals surface area contributed by atoms with Crippen molar-refractivity contribution in [2.75, 3.05) is 19.6 Å². The van der Waals surface area contributed by atoms with Crippen molar-refractivity contribution in [3.05, 3.63) is 36.0 Å². The van der Waals surface area contributed by atoms with Crippen molar-refractivity contribution < 1.29 is 9.59 Å². The number of para-hydroxylation sites is 1. The van der Waals surface area contributed by atoms with E-state index in [-0.39, 0.29) is 17.9 Å². The number of fused-ring (bicyclic) bond motifs is 5. The first-order chi connectivity index (χ1) is 13.2. The van der Waals surface area contributed by atoms with Crippen molar-refractivity contribution in [2.24, 2.45) is 11.8 Å². The maximum atomic E-state index is 13.1. The summed E-state index contributed by atoms with van der Waals surface area (Å²) in [4.78, 5) is 33.3. The van der Waals surface area contributed by atoms with E-state index in [2.05, 4.69) is 20.9 Å². The number of benzene rings is 1. The molecule has 3 saturated heterocycles. The summed E-state index contributed by atoms with van der Waals surface area (Å²) in [7, 11) is 0. The number of piperidine rings is 1. The van der Waals surface area contributed by atoms with Gasteiger partial charge in [-0.1, -0.05) is 24.6 Å². The molecule has 6 rings (SSSR count). The standard InChI is InChI=1S/C22H27N3O2/c26-21(10-17-11-23-20-7-2-1-6-19(17)20)25-13-15-8-9-18(25)14-24(12-15)22(27)16-4-3-5-16/h1-2,6-7,11,15-16,18,23H,3-5,8-10,12-14H2/t15-,18+/m0/s1. The van der Waals surface area contributed by atoms with E-state index in [1.54, 1.807) is 0 Å². The number of amides is 2. The van der Waals surface area contributed by atoms with Crippen LogP contribution in [0, 0.1) is 11.8 Å². The predicted octanol–water partition coefficient (Wildman–Crippen LogP) is 2.96. The zero-order chi connectivity index (χ0) is 18.4. The normalized spacial score (nSPS) is 25.5. The van der Waals surface area contributed by atoms with Crippen LogP contribution in [0.5, 0.6) is 0 Å². The lowest BCUT2D eigenvalue weighted by atomic mass is 9.84. The Balaban J connectivity index is 1.31. The molecule has 142 valence electrons. The SMILES string of the molecule is O=C(C1CCC1)N1C[C@@H]2CC[C@H](C1)N(C(=O)Cc1c[nH]c3ccccc13)C2. The van der Waals surface area contributed by atoms with Gasteiger partial charge in [-0.2, -0.15) is 0 Å². The number of rotatable bonds is 3. The van der Waals surface area contributed by atoms with Crippen molar-refractivity contribution in [3.63, 3.8) is 0 Å². The summed E-state index contributed by atoms with van der Waals surface area (Å²) in [5.41, 5.74) is 2.15. The second-order valence-electron chi connectivity index (χ2n) is 8.55. The summed E-state index contributed by atoms with van der Waals surface area (Å²) in [5, 5.41) is 1.13. The molecular formula is C22H27N3O2. The maximum Gasteiger partial charge on any atom is 0.227 e. The Morgan fingerprint density at radius 3 is 2.70 bits per heavy atom. The lowest BCUT2D eigenvalue weighted by molar-refractivity contribution is -0.139. The molecule has 2 amide bonds. The average molecular weight is 365 g/mol. The molecule has 0 spiro atoms. The fraction of sp³-hybridized carbons (Fsp3) is 0.545. The topological polar surface area (TPSA) is 56.4 Å². The molecule has 4 heterocycles. The number of H-pyrrole nitrogens is 1. The van der Waals surface area contributed by atoms with Crippen molar-refractivity contribution in [3.8, 4) is 0 Å². The second kappa shape index (κ2) is 6.70. The average Bonchev–Trinajstić information content (AvgIpc) is 2.82. The van der Waals surface area contributed by atoms with Gasteiger partial charge in [0.1, 0.15) is 0 Å². The molecule has 1 N–H and O–H groups in total. The van der Waals surface area contributed by atoms with Gasteiger partial charge in [0.25, 0.3) is 0 Å². The van der Waals surface area contributed by atoms with Crippen LogP contribution in [-0.4, -0.2) is 52.3 Å². The van der Waals surface area contributed by atoms with Crippen molar-refractivity contribution in [1.82, 2.24) is 14.8 Å². The Morgan fingerprint density at radius 1 is 1.04 bits per heavy atom. The molecule has 2 bridgehead atoms. The largest absolute Gasteiger partial charge is 0.361 e. The zero-order valence-electron chi connectivity index (χ0n) is 15.7. The second-order valence-corrected chi connectivity index (χ2v) is 8.55. The summed E-state index contributed by atoms with van der Waals surface area (Å²) in [5.74, 6) is 1.22. The van der Waals surface area contributed by atoms with E-state index in [9.17, 15) is 9.59 Å². The molecule has 1 aromatic carbocycles. The molecular weight excluding hydrogens is 338 g/mol. The summed E-state index contributed by atoms with van der Waals surface area (Å²) in [6.45, 7) is 2.37. The van der Waals surface area contributed by atoms with Gasteiger partial charge >= 0.3 is 0 Å². The molecule has 4 fully saturated rings. The minimum Gasteiger partial charge on any atom is -0.361 e. The Hall–Kier alpha value is -2.30. The molecule has 1 aliphatic carbocycles. The number of hydrogen-bond acceptors (Lipinski definition) is 2. The Labute approximate surface area is 159 Å². The van der Waals surface area contributed by atoms with Gasteiger partial charge in [0, 0.05) is 48.7 Å². The van der Waals surface area contributed by atoms with Gasteiger partial charge < -0.3 is 14.8 Å². The molecule has 0 radical (unpaired) electrons. The van der Waals surface area contributed by atoms with E-state index in [0.717, 1.165) is 61.8 Å². The Morgan fingerprint density at radius 2 is 1.89 bits per heavy atom. The van der Waals surface area contributed by atoms with E-state index >= 15 is 0 Å². The molecule has 4 aliphatic rings. The summed E-state index contributed by atoms with van der Waals surface area (Å²) >= 11 is 0. The lowest BCUT2D eigenvalue weighted by Crippen LogP contribution is -2.48. The van der Waals surface area contributed by atoms with Gasteiger partial charge in [-0.05, 0) is 43.2 Å². The number of nitrogens with one attached hydrogen (secondary N) is 1. The van der Waals surface area contributed by atoms with E-state index in [0.29, 0.717) is 18.2 Å². The van der Waals surface area contributed by atoms with Crippen LogP contribution in [0.25, 0.3) is 10.9 Å². The smallest absolute Gasteiger partial charge is 0.227 e. The van der Waals surface area contributed by atoms with Gasteiger partial charge in [0.05, 0.1) is 6.42 Å². The van der Waals surface area contributed by atoms with Crippen LogP contribution in [0.4, 0.5) is 0 Å². The van der Waals surface area contributed by atoms with Crippen molar-refractivity contribution in [2.45, 2.75) is 44.6 Å². The van der Waals surface area contributed by atoms with Crippen LogP contribution >= 0.6 is 0 Å². The molecule has 27 heavy (non-hydrogen) atoms. The van der Waals surface area contributed by atoms with Gasteiger partial charge in [-0.25, -0.2) is 0 Å². The number of carbonyl (C=O) groups is 2. The first-order valence-electron chi connectivity index (χ1n) is 10.3. The van der Waals surface area contributed by atoms with Crippen LogP contribution in [0.15, 0.2) is 30.5 Å². The third-order valence-corrected chi connectivity index (χ3v) is 6.82. The van der Waals surface area contributed by atoms with Crippen molar-refractivity contribution >= 4 is 22.7 Å². The molecule has 2 atom stereocenters. The summed E-state index contributed by atoms with van der Waals surface area (Å²) in [6, 6.07) is 8.32. The fourth-order valence-electron chi connectivity index (χ4n) is 5.02. The quantitative estimate of drug-likeness (QED) is 0.909. The van der Waals surface area contributed by atoms with Gasteiger partial charge in [0.15, 0.2) is 0 Å². The van der Waals surface area contributed by atoms with Crippen LogP contribution in [-0.2, 0) is 16.0 Å². The summed E-state index contributed by atoms with van der Waals surface area (Å²) in [6.07, 6.45) is 7.84. The van der Waals surface area contributed by atoms with E-state index in [4.69, 9.17) is 0 Å². The Bertz CT molecular complexity index is 869. The van der Waals surface area contributed by atoms with Crippen molar-refractivity contribution in [1.29, 1.82) is 0 Å². The maximum absolute atomic E-state index is 13.1. The lowest BCUT2D eigenvalue weighted by Gasteiger charge is -2.36. The van der Waals surface area contributed by atoms with E-state index < -0.39 is 0 Å². The van der Waals surface area contributed by atoms with Crippen LogP contribution < -0.4 is 0 Å². The first kappa shape index (κ1) is 16.8. The molecule has 3 aliphatic heterocycles. The van der Waals surface area contributed by atoms with E-state index in [1.165, 1.54) is 6.42 Å². The monoisotopic (exact) mass is 365 g/mol. The molecule has 2 aromatic rings. The predicted molar refractivity (Wildman–Crippen MR) is 104 cm³/mol. The Kier molecular flexibility index (Phi) is 4.18. The first-order valence-corrected chi connectivity index (χ1v) is 10.3. The molecule has 1 saturated carbocycles. The van der Waals surface area contributed by atoms with Gasteiger partial charge in [0.2, 0.25) is 11.8 Å². The summed E-state index contributed by atoms with van der Waals surface area (Å²) < 4.78 is 0. The van der Waals surface area contributed by atoms with Crippen LogP contribution in [0.2, 0.25) is 0 Å². The highest BCUT2D eigenvalue weighted by Crippen LogP contribution is 2.33. The molecule has 1 aromatic heterocycles. The minimum absolute atomic E-state index is 0.186. The number of carbonyl (C=O) groups excluding carboxylic acids is 2. The van der Waals surface area contributed by atoms with Crippen LogP contribution in [0.1, 0.15) is 37.7 Å².